The largest absolute Gasteiger partial charge is 0.394 e. The van der Waals surface area contributed by atoms with Crippen LogP contribution in [-0.4, -0.2) is 78.7 Å². The summed E-state index contributed by atoms with van der Waals surface area (Å²) in [5, 5.41) is 39.9. The van der Waals surface area contributed by atoms with Crippen molar-refractivity contribution >= 4 is 0 Å². The molecule has 2 aromatic heterocycles. The van der Waals surface area contributed by atoms with E-state index in [1.54, 1.807) is 24.5 Å². The normalized spacial score (nSPS) is 29.7. The lowest BCUT2D eigenvalue weighted by Gasteiger charge is -2.49. The Hall–Kier alpha value is -2.98. The number of benzene rings is 1. The molecule has 5 rings (SSSR count). The van der Waals surface area contributed by atoms with E-state index in [-0.39, 0.29) is 24.5 Å². The van der Waals surface area contributed by atoms with Gasteiger partial charge in [-0.25, -0.2) is 17.9 Å². The Labute approximate surface area is 208 Å². The number of nitrogens with zero attached hydrogens (tertiary/aromatic N) is 4. The minimum atomic E-state index is -1.74. The molecular formula is C23H24F3N5O6. The van der Waals surface area contributed by atoms with Crippen molar-refractivity contribution < 1.29 is 42.8 Å². The van der Waals surface area contributed by atoms with Crippen LogP contribution in [0.25, 0.3) is 11.3 Å². The molecule has 1 spiro atoms. The summed E-state index contributed by atoms with van der Waals surface area (Å²) < 4.78 is 53.6. The van der Waals surface area contributed by atoms with Crippen LogP contribution in [0.1, 0.15) is 18.0 Å². The molecule has 0 bridgehead atoms. The van der Waals surface area contributed by atoms with Crippen molar-refractivity contribution in [2.24, 2.45) is 0 Å². The van der Waals surface area contributed by atoms with Gasteiger partial charge in [-0.3, -0.25) is 9.82 Å². The van der Waals surface area contributed by atoms with Crippen LogP contribution >= 0.6 is 0 Å². The van der Waals surface area contributed by atoms with E-state index >= 15 is 0 Å². The van der Waals surface area contributed by atoms with Crippen LogP contribution in [0.2, 0.25) is 0 Å². The highest BCUT2D eigenvalue weighted by Crippen LogP contribution is 2.43. The predicted molar refractivity (Wildman–Crippen MR) is 118 cm³/mol. The molecule has 1 aromatic carbocycles. The molecule has 4 heterocycles. The highest BCUT2D eigenvalue weighted by Gasteiger charge is 2.61. The van der Waals surface area contributed by atoms with Crippen molar-refractivity contribution in [3.8, 4) is 11.3 Å². The lowest BCUT2D eigenvalue weighted by atomic mass is 9.86. The van der Waals surface area contributed by atoms with Gasteiger partial charge in [-0.05, 0) is 36.2 Å². The fraction of sp³-hybridized carbons (Fsp3) is 0.435. The molecule has 0 radical (unpaired) electrons. The quantitative estimate of drug-likeness (QED) is 0.257. The molecule has 2 saturated heterocycles. The van der Waals surface area contributed by atoms with E-state index in [1.165, 1.54) is 6.20 Å². The first-order chi connectivity index (χ1) is 17.8. The maximum absolute atomic E-state index is 13.7. The minimum absolute atomic E-state index is 0.0408. The van der Waals surface area contributed by atoms with Gasteiger partial charge in [0.25, 0.3) is 0 Å². The van der Waals surface area contributed by atoms with Gasteiger partial charge in [0.1, 0.15) is 30.0 Å². The fourth-order valence-electron chi connectivity index (χ4n) is 4.62. The molecule has 2 aliphatic heterocycles. The highest BCUT2D eigenvalue weighted by atomic mass is 19.2. The maximum atomic E-state index is 13.7. The van der Waals surface area contributed by atoms with Crippen LogP contribution in [0.3, 0.4) is 0 Å². The van der Waals surface area contributed by atoms with E-state index in [0.717, 1.165) is 22.4 Å². The van der Waals surface area contributed by atoms with Crippen molar-refractivity contribution in [2.75, 3.05) is 13.2 Å². The molecule has 2 aliphatic rings. The zero-order chi connectivity index (χ0) is 26.2. The SMILES string of the molecule is OC[C@H]1O[C@]2(OCC[C@H]2NOCc2ccncc2)[C@H](O)[C@@H](n2cc(-c3cc(F)c(F)c(F)c3)nn2)[C@H]1O. The van der Waals surface area contributed by atoms with Crippen LogP contribution in [0, 0.1) is 17.5 Å². The fourth-order valence-corrected chi connectivity index (χ4v) is 4.62. The smallest absolute Gasteiger partial charge is 0.215 e. The van der Waals surface area contributed by atoms with Gasteiger partial charge in [-0.15, -0.1) is 5.10 Å². The molecule has 3 aromatic rings. The van der Waals surface area contributed by atoms with Gasteiger partial charge >= 0.3 is 0 Å². The predicted octanol–water partition coefficient (Wildman–Crippen LogP) is 0.618. The number of ether oxygens (including phenoxy) is 2. The Morgan fingerprint density at radius 3 is 2.59 bits per heavy atom. The third-order valence-corrected chi connectivity index (χ3v) is 6.51. The van der Waals surface area contributed by atoms with Crippen LogP contribution in [0.5, 0.6) is 0 Å². The lowest BCUT2D eigenvalue weighted by Crippen LogP contribution is -2.68. The number of hydrogen-bond acceptors (Lipinski definition) is 10. The van der Waals surface area contributed by atoms with Crippen LogP contribution in [-0.2, 0) is 20.9 Å². The van der Waals surface area contributed by atoms with Gasteiger partial charge in [-0.2, -0.15) is 5.48 Å². The summed E-state index contributed by atoms with van der Waals surface area (Å²) in [6.45, 7) is -0.265. The second-order valence-corrected chi connectivity index (χ2v) is 8.78. The van der Waals surface area contributed by atoms with E-state index < -0.39 is 60.2 Å². The third-order valence-electron chi connectivity index (χ3n) is 6.51. The topological polar surface area (TPSA) is 144 Å². The molecular weight excluding hydrogens is 499 g/mol. The van der Waals surface area contributed by atoms with Crippen LogP contribution < -0.4 is 5.48 Å². The van der Waals surface area contributed by atoms with Crippen molar-refractivity contribution in [3.63, 3.8) is 0 Å². The van der Waals surface area contributed by atoms with Gasteiger partial charge in [0, 0.05) is 18.0 Å². The molecule has 0 unspecified atom stereocenters. The molecule has 14 heteroatoms. The molecule has 0 amide bonds. The number of halogens is 3. The first kappa shape index (κ1) is 25.7. The lowest BCUT2D eigenvalue weighted by molar-refractivity contribution is -0.351. The maximum Gasteiger partial charge on any atom is 0.215 e. The summed E-state index contributed by atoms with van der Waals surface area (Å²) in [5.74, 6) is -6.18. The first-order valence-corrected chi connectivity index (χ1v) is 11.5. The van der Waals surface area contributed by atoms with E-state index in [4.69, 9.17) is 14.3 Å². The average Bonchev–Trinajstić information content (AvgIpc) is 3.54. The average molecular weight is 523 g/mol. The standard InChI is InChI=1S/C23H24F3N5O6/c24-14-7-13(8-15(25)19(14)26)16-9-31(30-28-16)20-21(33)17(10-32)37-23(22(20)34)18(3-6-35-23)29-36-11-12-1-4-27-5-2-12/h1-2,4-5,7-9,17-18,20-22,29,32-34H,3,6,10-11H2/t17-,18-,20+,21+,22-,23+/m1/s1. The Bertz CT molecular complexity index is 1210. The van der Waals surface area contributed by atoms with Gasteiger partial charge in [0.2, 0.25) is 5.79 Å². The molecule has 0 saturated carbocycles. The summed E-state index contributed by atoms with van der Waals surface area (Å²) in [5.41, 5.74) is 3.54. The molecule has 2 fully saturated rings. The van der Waals surface area contributed by atoms with Crippen molar-refractivity contribution in [1.29, 1.82) is 0 Å². The number of aliphatic hydroxyl groups excluding tert-OH is 3. The van der Waals surface area contributed by atoms with Gasteiger partial charge in [0.05, 0.1) is 32.1 Å². The molecule has 0 aliphatic carbocycles. The molecule has 11 nitrogen and oxygen atoms in total. The number of pyridine rings is 1. The first-order valence-electron chi connectivity index (χ1n) is 11.5. The second kappa shape index (κ2) is 10.4. The third kappa shape index (κ3) is 4.72. The Morgan fingerprint density at radius 1 is 1.16 bits per heavy atom. The summed E-state index contributed by atoms with van der Waals surface area (Å²) in [6.07, 6.45) is 0.622. The van der Waals surface area contributed by atoms with Crippen LogP contribution in [0.4, 0.5) is 13.2 Å². The highest BCUT2D eigenvalue weighted by molar-refractivity contribution is 5.57. The Morgan fingerprint density at radius 2 is 1.89 bits per heavy atom. The summed E-state index contributed by atoms with van der Waals surface area (Å²) in [6, 6.07) is 3.08. The summed E-state index contributed by atoms with van der Waals surface area (Å²) in [4.78, 5) is 9.54. The second-order valence-electron chi connectivity index (χ2n) is 8.78. The zero-order valence-electron chi connectivity index (χ0n) is 19.2. The molecule has 198 valence electrons. The summed E-state index contributed by atoms with van der Waals surface area (Å²) in [7, 11) is 0. The Balaban J connectivity index is 1.40. The van der Waals surface area contributed by atoms with E-state index in [1.807, 2.05) is 0 Å². The van der Waals surface area contributed by atoms with Crippen molar-refractivity contribution in [2.45, 2.75) is 49.2 Å². The molecule has 4 N–H and O–H groups in total. The Kier molecular flexibility index (Phi) is 7.22. The van der Waals surface area contributed by atoms with E-state index in [2.05, 4.69) is 20.8 Å². The van der Waals surface area contributed by atoms with Gasteiger partial charge < -0.3 is 24.8 Å². The van der Waals surface area contributed by atoms with E-state index in [0.29, 0.717) is 6.42 Å². The van der Waals surface area contributed by atoms with Gasteiger partial charge in [0.15, 0.2) is 17.5 Å². The minimum Gasteiger partial charge on any atom is -0.394 e. The number of rotatable bonds is 7. The molecule has 6 atom stereocenters. The van der Waals surface area contributed by atoms with Crippen molar-refractivity contribution in [3.05, 3.63) is 65.9 Å². The number of aliphatic hydroxyl groups is 3. The number of aromatic nitrogens is 4. The van der Waals surface area contributed by atoms with Crippen LogP contribution in [0.15, 0.2) is 42.9 Å². The van der Waals surface area contributed by atoms with E-state index in [9.17, 15) is 28.5 Å². The number of hydroxylamine groups is 1. The molecule has 37 heavy (non-hydrogen) atoms. The van der Waals surface area contributed by atoms with Gasteiger partial charge in [-0.1, -0.05) is 5.21 Å². The van der Waals surface area contributed by atoms with Crippen molar-refractivity contribution in [1.82, 2.24) is 25.5 Å². The monoisotopic (exact) mass is 523 g/mol. The zero-order valence-corrected chi connectivity index (χ0v) is 19.2. The summed E-state index contributed by atoms with van der Waals surface area (Å²) >= 11 is 0. The number of nitrogens with one attached hydrogen (secondary N) is 1. The number of hydrogen-bond donors (Lipinski definition) is 4.